The largest absolute Gasteiger partial charge is 0.393 e. The van der Waals surface area contributed by atoms with Crippen LogP contribution in [0.1, 0.15) is 32.0 Å². The maximum Gasteiger partial charge on any atom is 0.140 e. The summed E-state index contributed by atoms with van der Waals surface area (Å²) in [5.41, 5.74) is 0. The summed E-state index contributed by atoms with van der Waals surface area (Å²) in [6.45, 7) is 3.79. The van der Waals surface area contributed by atoms with Crippen LogP contribution in [0.2, 0.25) is 0 Å². The quantitative estimate of drug-likeness (QED) is 0.733. The molecule has 1 aromatic heterocycles. The van der Waals surface area contributed by atoms with Gasteiger partial charge in [-0.2, -0.15) is 5.10 Å². The molecule has 0 saturated heterocycles. The molecule has 15 heavy (non-hydrogen) atoms. The van der Waals surface area contributed by atoms with Crippen LogP contribution in [0.15, 0.2) is 6.33 Å². The molecule has 1 heterocycles. The van der Waals surface area contributed by atoms with Crippen LogP contribution in [-0.4, -0.2) is 32.0 Å². The van der Waals surface area contributed by atoms with Crippen molar-refractivity contribution in [2.75, 3.05) is 0 Å². The first-order valence-corrected chi connectivity index (χ1v) is 5.57. The van der Waals surface area contributed by atoms with Gasteiger partial charge in [-0.05, 0) is 19.3 Å². The molecular weight excluding hydrogens is 192 g/mol. The summed E-state index contributed by atoms with van der Waals surface area (Å²) < 4.78 is 1.93. The Morgan fingerprint density at radius 3 is 3.07 bits per heavy atom. The Labute approximate surface area is 89.5 Å². The van der Waals surface area contributed by atoms with Crippen molar-refractivity contribution in [3.63, 3.8) is 0 Å². The van der Waals surface area contributed by atoms with E-state index >= 15 is 0 Å². The Morgan fingerprint density at radius 1 is 1.60 bits per heavy atom. The van der Waals surface area contributed by atoms with Crippen LogP contribution in [0, 0.1) is 0 Å². The van der Waals surface area contributed by atoms with Crippen molar-refractivity contribution < 1.29 is 5.11 Å². The van der Waals surface area contributed by atoms with Gasteiger partial charge < -0.3 is 10.4 Å². The van der Waals surface area contributed by atoms with E-state index in [9.17, 15) is 0 Å². The molecule has 0 spiro atoms. The zero-order valence-corrected chi connectivity index (χ0v) is 9.06. The van der Waals surface area contributed by atoms with Crippen molar-refractivity contribution in [1.29, 1.82) is 0 Å². The highest BCUT2D eigenvalue weighted by atomic mass is 16.3. The monoisotopic (exact) mass is 210 g/mol. The van der Waals surface area contributed by atoms with Gasteiger partial charge in [0.05, 0.1) is 12.6 Å². The molecule has 1 aliphatic rings. The highest BCUT2D eigenvalue weighted by Crippen LogP contribution is 2.19. The van der Waals surface area contributed by atoms with Crippen molar-refractivity contribution in [2.24, 2.45) is 0 Å². The molecule has 2 rings (SSSR count). The van der Waals surface area contributed by atoms with Gasteiger partial charge in [-0.1, -0.05) is 6.92 Å². The van der Waals surface area contributed by atoms with Crippen LogP contribution >= 0.6 is 0 Å². The molecule has 2 N–H and O–H groups in total. The number of aromatic nitrogens is 3. The van der Waals surface area contributed by atoms with Crippen molar-refractivity contribution >= 4 is 0 Å². The number of aliphatic hydroxyl groups is 1. The highest BCUT2D eigenvalue weighted by molar-refractivity contribution is 4.89. The average molecular weight is 210 g/mol. The Hall–Kier alpha value is -0.940. The molecule has 0 bridgehead atoms. The van der Waals surface area contributed by atoms with Crippen molar-refractivity contribution in [2.45, 2.75) is 51.4 Å². The van der Waals surface area contributed by atoms with Gasteiger partial charge >= 0.3 is 0 Å². The first-order chi connectivity index (χ1) is 7.29. The molecule has 0 atom stereocenters. The zero-order chi connectivity index (χ0) is 10.7. The molecule has 0 radical (unpaired) electrons. The standard InChI is InChI=1S/C10H18N4O/c1-2-3-14-10(12-7-13-14)6-11-8-4-9(15)5-8/h7-9,11,15H,2-6H2,1H3. The lowest BCUT2D eigenvalue weighted by Gasteiger charge is -2.32. The summed E-state index contributed by atoms with van der Waals surface area (Å²) in [5, 5.41) is 16.7. The first kappa shape index (κ1) is 10.6. The molecular formula is C10H18N4O. The Kier molecular flexibility index (Phi) is 3.33. The van der Waals surface area contributed by atoms with E-state index in [1.54, 1.807) is 6.33 Å². The van der Waals surface area contributed by atoms with Gasteiger partial charge in [-0.3, -0.25) is 0 Å². The third kappa shape index (κ3) is 2.54. The molecule has 1 fully saturated rings. The molecule has 0 amide bonds. The number of nitrogens with zero attached hydrogens (tertiary/aromatic N) is 3. The fourth-order valence-electron chi connectivity index (χ4n) is 1.81. The summed E-state index contributed by atoms with van der Waals surface area (Å²) in [7, 11) is 0. The van der Waals surface area contributed by atoms with Gasteiger partial charge in [0.1, 0.15) is 12.2 Å². The third-order valence-corrected chi connectivity index (χ3v) is 2.79. The van der Waals surface area contributed by atoms with Crippen LogP contribution in [0.4, 0.5) is 0 Å². The third-order valence-electron chi connectivity index (χ3n) is 2.79. The summed E-state index contributed by atoms with van der Waals surface area (Å²) in [6.07, 6.45) is 4.29. The lowest BCUT2D eigenvalue weighted by Crippen LogP contribution is -2.44. The van der Waals surface area contributed by atoms with Gasteiger partial charge in [-0.15, -0.1) is 0 Å². The molecule has 1 aliphatic carbocycles. The minimum Gasteiger partial charge on any atom is -0.393 e. The second kappa shape index (κ2) is 4.72. The molecule has 0 unspecified atom stereocenters. The van der Waals surface area contributed by atoms with E-state index < -0.39 is 0 Å². The Morgan fingerprint density at radius 2 is 2.40 bits per heavy atom. The summed E-state index contributed by atoms with van der Waals surface area (Å²) in [4.78, 5) is 4.21. The number of hydrogen-bond acceptors (Lipinski definition) is 4. The van der Waals surface area contributed by atoms with Crippen LogP contribution < -0.4 is 5.32 Å². The van der Waals surface area contributed by atoms with Crippen molar-refractivity contribution in [3.05, 3.63) is 12.2 Å². The topological polar surface area (TPSA) is 63.0 Å². The molecule has 1 aromatic rings. The van der Waals surface area contributed by atoms with E-state index in [0.717, 1.165) is 38.2 Å². The van der Waals surface area contributed by atoms with E-state index in [2.05, 4.69) is 22.3 Å². The van der Waals surface area contributed by atoms with Crippen molar-refractivity contribution in [3.8, 4) is 0 Å². The van der Waals surface area contributed by atoms with E-state index in [0.29, 0.717) is 6.04 Å². The van der Waals surface area contributed by atoms with Crippen LogP contribution in [0.5, 0.6) is 0 Å². The summed E-state index contributed by atoms with van der Waals surface area (Å²) in [5.74, 6) is 0.984. The van der Waals surface area contributed by atoms with Gasteiger partial charge in [0.25, 0.3) is 0 Å². The minimum atomic E-state index is -0.101. The van der Waals surface area contributed by atoms with E-state index in [1.165, 1.54) is 0 Å². The second-order valence-electron chi connectivity index (χ2n) is 4.10. The van der Waals surface area contributed by atoms with Crippen LogP contribution in [0.25, 0.3) is 0 Å². The summed E-state index contributed by atoms with van der Waals surface area (Å²) in [6, 6.07) is 0.451. The number of nitrogens with one attached hydrogen (secondary N) is 1. The fraction of sp³-hybridized carbons (Fsp3) is 0.800. The molecule has 1 saturated carbocycles. The number of rotatable bonds is 5. The van der Waals surface area contributed by atoms with Gasteiger partial charge in [0, 0.05) is 12.6 Å². The maximum atomic E-state index is 9.14. The average Bonchev–Trinajstić information content (AvgIpc) is 2.59. The second-order valence-corrected chi connectivity index (χ2v) is 4.10. The maximum absolute atomic E-state index is 9.14. The minimum absolute atomic E-state index is 0.101. The van der Waals surface area contributed by atoms with Gasteiger partial charge in [0.15, 0.2) is 0 Å². The summed E-state index contributed by atoms with van der Waals surface area (Å²) >= 11 is 0. The lowest BCUT2D eigenvalue weighted by molar-refractivity contribution is 0.0615. The Bertz CT molecular complexity index is 306. The molecule has 5 nitrogen and oxygen atoms in total. The van der Waals surface area contributed by atoms with Crippen LogP contribution in [0.3, 0.4) is 0 Å². The molecule has 5 heteroatoms. The van der Waals surface area contributed by atoms with Crippen molar-refractivity contribution in [1.82, 2.24) is 20.1 Å². The molecule has 0 aromatic carbocycles. The molecule has 84 valence electrons. The van der Waals surface area contributed by atoms with E-state index in [-0.39, 0.29) is 6.10 Å². The zero-order valence-electron chi connectivity index (χ0n) is 9.06. The van der Waals surface area contributed by atoms with Crippen LogP contribution in [-0.2, 0) is 13.1 Å². The highest BCUT2D eigenvalue weighted by Gasteiger charge is 2.26. The predicted octanol–water partition coefficient (Wildman–Crippen LogP) is 0.301. The SMILES string of the molecule is CCCn1ncnc1CNC1CC(O)C1. The predicted molar refractivity (Wildman–Crippen MR) is 56.2 cm³/mol. The fourth-order valence-corrected chi connectivity index (χ4v) is 1.81. The lowest BCUT2D eigenvalue weighted by atomic mass is 9.89. The number of hydrogen-bond donors (Lipinski definition) is 2. The van der Waals surface area contributed by atoms with Gasteiger partial charge in [-0.25, -0.2) is 9.67 Å². The van der Waals surface area contributed by atoms with E-state index in [4.69, 9.17) is 5.11 Å². The first-order valence-electron chi connectivity index (χ1n) is 5.57. The Balaban J connectivity index is 1.79. The van der Waals surface area contributed by atoms with E-state index in [1.807, 2.05) is 4.68 Å². The smallest absolute Gasteiger partial charge is 0.140 e. The number of aliphatic hydroxyl groups excluding tert-OH is 1. The number of aryl methyl sites for hydroxylation is 1. The normalized spacial score (nSPS) is 25.2. The van der Waals surface area contributed by atoms with Gasteiger partial charge in [0.2, 0.25) is 0 Å². The molecule has 0 aliphatic heterocycles.